The summed E-state index contributed by atoms with van der Waals surface area (Å²) in [5.41, 5.74) is 4.32. The van der Waals surface area contributed by atoms with Crippen LogP contribution in [-0.2, 0) is 0 Å². The van der Waals surface area contributed by atoms with E-state index in [2.05, 4.69) is 18.8 Å². The quantitative estimate of drug-likeness (QED) is 0.593. The van der Waals surface area contributed by atoms with Crippen LogP contribution in [0.4, 0.5) is 0 Å². The SMILES string of the molecule is Cc1nc2occc2c(C)c1C. The van der Waals surface area contributed by atoms with Gasteiger partial charge in [0.05, 0.1) is 6.26 Å². The van der Waals surface area contributed by atoms with Crippen molar-refractivity contribution in [3.63, 3.8) is 0 Å². The molecule has 0 saturated carbocycles. The molecule has 12 heavy (non-hydrogen) atoms. The van der Waals surface area contributed by atoms with E-state index in [0.29, 0.717) is 0 Å². The number of pyridine rings is 1. The first-order chi connectivity index (χ1) is 5.70. The van der Waals surface area contributed by atoms with Gasteiger partial charge in [-0.15, -0.1) is 0 Å². The van der Waals surface area contributed by atoms with Crippen molar-refractivity contribution in [1.82, 2.24) is 4.98 Å². The lowest BCUT2D eigenvalue weighted by Crippen LogP contribution is -1.90. The van der Waals surface area contributed by atoms with E-state index in [1.165, 1.54) is 11.1 Å². The number of aryl methyl sites for hydroxylation is 2. The molecule has 0 bridgehead atoms. The van der Waals surface area contributed by atoms with Gasteiger partial charge in [0.2, 0.25) is 5.71 Å². The lowest BCUT2D eigenvalue weighted by atomic mass is 10.1. The van der Waals surface area contributed by atoms with Gasteiger partial charge in [-0.1, -0.05) is 0 Å². The number of hydrogen-bond donors (Lipinski definition) is 0. The lowest BCUT2D eigenvalue weighted by Gasteiger charge is -2.03. The third kappa shape index (κ3) is 0.843. The molecule has 0 amide bonds. The first-order valence-corrected chi connectivity index (χ1v) is 4.01. The molecule has 62 valence electrons. The van der Waals surface area contributed by atoms with Gasteiger partial charge >= 0.3 is 0 Å². The first-order valence-electron chi connectivity index (χ1n) is 4.01. The van der Waals surface area contributed by atoms with Gasteiger partial charge in [-0.2, -0.15) is 0 Å². The maximum absolute atomic E-state index is 5.22. The summed E-state index contributed by atoms with van der Waals surface area (Å²) >= 11 is 0. The van der Waals surface area contributed by atoms with Crippen LogP contribution in [0.5, 0.6) is 0 Å². The topological polar surface area (TPSA) is 26.0 Å². The molecule has 2 rings (SSSR count). The van der Waals surface area contributed by atoms with Crippen molar-refractivity contribution >= 4 is 11.1 Å². The predicted molar refractivity (Wildman–Crippen MR) is 48.2 cm³/mol. The molecule has 0 atom stereocenters. The van der Waals surface area contributed by atoms with Gasteiger partial charge in [-0.25, -0.2) is 4.98 Å². The smallest absolute Gasteiger partial charge is 0.226 e. The Hall–Kier alpha value is -1.31. The van der Waals surface area contributed by atoms with Gasteiger partial charge < -0.3 is 4.42 Å². The Kier molecular flexibility index (Phi) is 1.43. The van der Waals surface area contributed by atoms with Gasteiger partial charge in [-0.3, -0.25) is 0 Å². The first kappa shape index (κ1) is 7.35. The van der Waals surface area contributed by atoms with Crippen LogP contribution in [0.3, 0.4) is 0 Å². The molecular formula is C10H11NO. The monoisotopic (exact) mass is 161 g/mol. The van der Waals surface area contributed by atoms with Crippen LogP contribution in [0.1, 0.15) is 16.8 Å². The number of rotatable bonds is 0. The van der Waals surface area contributed by atoms with Gasteiger partial charge in [0.1, 0.15) is 0 Å². The summed E-state index contributed by atoms with van der Waals surface area (Å²) in [6.07, 6.45) is 1.68. The second-order valence-corrected chi connectivity index (χ2v) is 3.09. The molecule has 0 aliphatic carbocycles. The molecule has 0 unspecified atom stereocenters. The van der Waals surface area contributed by atoms with Crippen LogP contribution >= 0.6 is 0 Å². The van der Waals surface area contributed by atoms with Crippen LogP contribution in [0.15, 0.2) is 16.7 Å². The Labute approximate surface area is 71.2 Å². The molecule has 0 saturated heterocycles. The van der Waals surface area contributed by atoms with Crippen LogP contribution in [0, 0.1) is 20.8 Å². The normalized spacial score (nSPS) is 10.9. The Morgan fingerprint density at radius 3 is 2.67 bits per heavy atom. The van der Waals surface area contributed by atoms with Crippen molar-refractivity contribution in [1.29, 1.82) is 0 Å². The molecule has 0 aromatic carbocycles. The van der Waals surface area contributed by atoms with E-state index in [0.717, 1.165) is 16.8 Å². The van der Waals surface area contributed by atoms with E-state index in [9.17, 15) is 0 Å². The van der Waals surface area contributed by atoms with Crippen molar-refractivity contribution < 1.29 is 4.42 Å². The van der Waals surface area contributed by atoms with Gasteiger partial charge in [0, 0.05) is 11.1 Å². The Morgan fingerprint density at radius 1 is 1.17 bits per heavy atom. The highest BCUT2D eigenvalue weighted by Gasteiger charge is 2.06. The van der Waals surface area contributed by atoms with Crippen LogP contribution in [0.25, 0.3) is 11.1 Å². The number of nitrogens with zero attached hydrogens (tertiary/aromatic N) is 1. The largest absolute Gasteiger partial charge is 0.446 e. The van der Waals surface area contributed by atoms with Crippen molar-refractivity contribution in [3.05, 3.63) is 29.2 Å². The number of furan rings is 1. The second kappa shape index (κ2) is 2.34. The Balaban J connectivity index is 2.94. The highest BCUT2D eigenvalue weighted by atomic mass is 16.3. The van der Waals surface area contributed by atoms with Crippen molar-refractivity contribution in [2.24, 2.45) is 0 Å². The van der Waals surface area contributed by atoms with Crippen LogP contribution in [0.2, 0.25) is 0 Å². The zero-order chi connectivity index (χ0) is 8.72. The van der Waals surface area contributed by atoms with E-state index in [4.69, 9.17) is 4.42 Å². The number of fused-ring (bicyclic) bond motifs is 1. The molecule has 0 fully saturated rings. The lowest BCUT2D eigenvalue weighted by molar-refractivity contribution is 0.601. The van der Waals surface area contributed by atoms with Gasteiger partial charge in [0.25, 0.3) is 0 Å². The highest BCUT2D eigenvalue weighted by molar-refractivity contribution is 5.78. The summed E-state index contributed by atoms with van der Waals surface area (Å²) in [7, 11) is 0. The molecule has 0 spiro atoms. The van der Waals surface area contributed by atoms with E-state index in [1.807, 2.05) is 13.0 Å². The summed E-state index contributed by atoms with van der Waals surface area (Å²) in [6, 6.07) is 1.96. The summed E-state index contributed by atoms with van der Waals surface area (Å²) in [4.78, 5) is 4.33. The average Bonchev–Trinajstić information content (AvgIpc) is 2.48. The zero-order valence-corrected chi connectivity index (χ0v) is 7.51. The fourth-order valence-corrected chi connectivity index (χ4v) is 1.38. The predicted octanol–water partition coefficient (Wildman–Crippen LogP) is 2.75. The molecule has 0 radical (unpaired) electrons. The minimum atomic E-state index is 0.746. The van der Waals surface area contributed by atoms with Crippen LogP contribution in [-0.4, -0.2) is 4.98 Å². The molecule has 2 nitrogen and oxygen atoms in total. The molecule has 0 aliphatic rings. The molecular weight excluding hydrogens is 150 g/mol. The maximum atomic E-state index is 5.22. The highest BCUT2D eigenvalue weighted by Crippen LogP contribution is 2.22. The fourth-order valence-electron chi connectivity index (χ4n) is 1.38. The van der Waals surface area contributed by atoms with Crippen molar-refractivity contribution in [3.8, 4) is 0 Å². The maximum Gasteiger partial charge on any atom is 0.226 e. The van der Waals surface area contributed by atoms with Crippen LogP contribution < -0.4 is 0 Å². The second-order valence-electron chi connectivity index (χ2n) is 3.09. The third-order valence-corrected chi connectivity index (χ3v) is 2.42. The minimum Gasteiger partial charge on any atom is -0.446 e. The zero-order valence-electron chi connectivity index (χ0n) is 7.51. The van der Waals surface area contributed by atoms with E-state index >= 15 is 0 Å². The summed E-state index contributed by atoms with van der Waals surface area (Å²) in [6.45, 7) is 6.19. The fraction of sp³-hybridized carbons (Fsp3) is 0.300. The molecule has 0 aliphatic heterocycles. The number of hydrogen-bond acceptors (Lipinski definition) is 2. The van der Waals surface area contributed by atoms with Crippen molar-refractivity contribution in [2.75, 3.05) is 0 Å². The van der Waals surface area contributed by atoms with Crippen molar-refractivity contribution in [2.45, 2.75) is 20.8 Å². The molecule has 2 aromatic heterocycles. The van der Waals surface area contributed by atoms with Gasteiger partial charge in [0.15, 0.2) is 0 Å². The minimum absolute atomic E-state index is 0.746. The van der Waals surface area contributed by atoms with E-state index < -0.39 is 0 Å². The molecule has 2 heteroatoms. The standard InChI is InChI=1S/C10H11NO/c1-6-7(2)9-4-5-12-10(9)11-8(6)3/h4-5H,1-3H3. The van der Waals surface area contributed by atoms with E-state index in [1.54, 1.807) is 6.26 Å². The van der Waals surface area contributed by atoms with E-state index in [-0.39, 0.29) is 0 Å². The molecule has 0 N–H and O–H groups in total. The molecule has 2 heterocycles. The Morgan fingerprint density at radius 2 is 1.92 bits per heavy atom. The Bertz CT molecular complexity index is 429. The number of aromatic nitrogens is 1. The summed E-state index contributed by atoms with van der Waals surface area (Å²) in [5, 5.41) is 1.12. The summed E-state index contributed by atoms with van der Waals surface area (Å²) in [5.74, 6) is 0. The van der Waals surface area contributed by atoms with Gasteiger partial charge in [-0.05, 0) is 38.0 Å². The third-order valence-electron chi connectivity index (χ3n) is 2.42. The molecule has 2 aromatic rings. The summed E-state index contributed by atoms with van der Waals surface area (Å²) < 4.78 is 5.22. The average molecular weight is 161 g/mol.